The van der Waals surface area contributed by atoms with Crippen LogP contribution in [0.3, 0.4) is 0 Å². The van der Waals surface area contributed by atoms with Crippen LogP contribution in [0.15, 0.2) is 0 Å². The molecule has 3 heteroatoms. The summed E-state index contributed by atoms with van der Waals surface area (Å²) in [7, 11) is 6.43. The molecule has 1 N–H and O–H groups in total. The molecule has 0 aliphatic carbocycles. The second-order valence-corrected chi connectivity index (χ2v) is 10.7. The van der Waals surface area contributed by atoms with Gasteiger partial charge in [-0.2, -0.15) is 0 Å². The van der Waals surface area contributed by atoms with E-state index in [2.05, 4.69) is 40.3 Å². The van der Waals surface area contributed by atoms with Crippen molar-refractivity contribution in [2.24, 2.45) is 0 Å². The lowest BCUT2D eigenvalue weighted by atomic mass is 10.0. The van der Waals surface area contributed by atoms with E-state index >= 15 is 0 Å². The third-order valence-corrected chi connectivity index (χ3v) is 6.66. The second kappa shape index (κ2) is 21.3. The van der Waals surface area contributed by atoms with Gasteiger partial charge in [-0.1, -0.05) is 129 Å². The van der Waals surface area contributed by atoms with E-state index in [0.29, 0.717) is 6.42 Å². The predicted octanol–water partition coefficient (Wildman–Crippen LogP) is 8.37. The number of nitrogens with zero attached hydrogens (tertiary/aromatic N) is 1. The fourth-order valence-corrected chi connectivity index (χ4v) is 4.47. The number of hydrogen-bond acceptors (Lipinski definition) is 1. The third kappa shape index (κ3) is 21.1. The summed E-state index contributed by atoms with van der Waals surface area (Å²) in [5, 5.41) is 3.20. The lowest BCUT2D eigenvalue weighted by Gasteiger charge is -2.33. The van der Waals surface area contributed by atoms with Crippen molar-refractivity contribution in [2.45, 2.75) is 155 Å². The average molecular weight is 440 g/mol. The Morgan fingerprint density at radius 3 is 1.19 bits per heavy atom. The minimum atomic E-state index is 0.229. The van der Waals surface area contributed by atoms with Gasteiger partial charge in [0.15, 0.2) is 6.17 Å². The van der Waals surface area contributed by atoms with Gasteiger partial charge in [-0.15, -0.1) is 0 Å². The molecule has 0 bridgehead atoms. The molecule has 0 saturated heterocycles. The summed E-state index contributed by atoms with van der Waals surface area (Å²) in [6.45, 7) is 4.44. The van der Waals surface area contributed by atoms with Gasteiger partial charge in [0.2, 0.25) is 5.91 Å². The highest BCUT2D eigenvalue weighted by molar-refractivity contribution is 5.75. The third-order valence-electron chi connectivity index (χ3n) is 6.66. The minimum Gasteiger partial charge on any atom is -0.311 e. The normalized spacial score (nSPS) is 12.8. The van der Waals surface area contributed by atoms with Gasteiger partial charge in [0.1, 0.15) is 0 Å². The van der Waals surface area contributed by atoms with E-state index in [4.69, 9.17) is 0 Å². The Labute approximate surface area is 196 Å². The number of amides is 1. The summed E-state index contributed by atoms with van der Waals surface area (Å²) in [6.07, 6.45) is 28.3. The maximum absolute atomic E-state index is 12.1. The molecule has 0 spiro atoms. The van der Waals surface area contributed by atoms with E-state index in [0.717, 1.165) is 17.3 Å². The molecule has 0 aromatic rings. The summed E-state index contributed by atoms with van der Waals surface area (Å²) >= 11 is 0. The molecule has 0 rings (SSSR count). The Bertz CT molecular complexity index is 389. The average Bonchev–Trinajstić information content (AvgIpc) is 2.72. The number of nitrogens with one attached hydrogen (secondary N) is 1. The first-order valence-electron chi connectivity index (χ1n) is 14.0. The standard InChI is InChI=1S/C28H58N2O/c1-6-8-9-10-11-12-13-14-15-16-17-18-19-20-21-22-23-24-25-26-28(31)29-27(7-2)30(3,4)5/h27H,6-26H2,1-5H3/p+1. The predicted molar refractivity (Wildman–Crippen MR) is 138 cm³/mol. The molecule has 3 nitrogen and oxygen atoms in total. The first-order chi connectivity index (χ1) is 14.9. The van der Waals surface area contributed by atoms with Crippen molar-refractivity contribution in [1.29, 1.82) is 0 Å². The van der Waals surface area contributed by atoms with Crippen molar-refractivity contribution in [2.75, 3.05) is 21.1 Å². The fourth-order valence-electron chi connectivity index (χ4n) is 4.47. The van der Waals surface area contributed by atoms with Crippen LogP contribution in [0.25, 0.3) is 0 Å². The van der Waals surface area contributed by atoms with E-state index in [1.54, 1.807) is 0 Å². The van der Waals surface area contributed by atoms with Crippen molar-refractivity contribution in [3.63, 3.8) is 0 Å². The maximum atomic E-state index is 12.1. The van der Waals surface area contributed by atoms with Crippen LogP contribution in [0.1, 0.15) is 149 Å². The molecule has 1 atom stereocenters. The van der Waals surface area contributed by atoms with Crippen LogP contribution in [0.2, 0.25) is 0 Å². The number of carbonyl (C=O) groups is 1. The van der Waals surface area contributed by atoms with Crippen molar-refractivity contribution in [3.05, 3.63) is 0 Å². The van der Waals surface area contributed by atoms with Crippen LogP contribution < -0.4 is 5.32 Å². The lowest BCUT2D eigenvalue weighted by molar-refractivity contribution is -0.898. The second-order valence-electron chi connectivity index (χ2n) is 10.7. The Morgan fingerprint density at radius 1 is 0.581 bits per heavy atom. The van der Waals surface area contributed by atoms with Gasteiger partial charge in [0.25, 0.3) is 0 Å². The molecular formula is C28H59N2O+. The van der Waals surface area contributed by atoms with Crippen LogP contribution in [0.5, 0.6) is 0 Å². The van der Waals surface area contributed by atoms with Crippen LogP contribution >= 0.6 is 0 Å². The Balaban J connectivity index is 3.27. The summed E-state index contributed by atoms with van der Waals surface area (Å²) in [5.41, 5.74) is 0. The number of hydrogen-bond donors (Lipinski definition) is 1. The smallest absolute Gasteiger partial charge is 0.224 e. The van der Waals surface area contributed by atoms with Gasteiger partial charge in [0.05, 0.1) is 21.1 Å². The Hall–Kier alpha value is -0.570. The monoisotopic (exact) mass is 439 g/mol. The molecule has 0 saturated carbocycles. The van der Waals surface area contributed by atoms with Gasteiger partial charge in [-0.25, -0.2) is 0 Å². The van der Waals surface area contributed by atoms with Crippen LogP contribution in [-0.2, 0) is 4.79 Å². The summed E-state index contributed by atoms with van der Waals surface area (Å²) < 4.78 is 0.793. The molecule has 186 valence electrons. The molecule has 0 aromatic carbocycles. The highest BCUT2D eigenvalue weighted by Gasteiger charge is 2.22. The largest absolute Gasteiger partial charge is 0.311 e. The number of quaternary nitrogens is 1. The van der Waals surface area contributed by atoms with Crippen molar-refractivity contribution in [1.82, 2.24) is 5.32 Å². The van der Waals surface area contributed by atoms with Crippen molar-refractivity contribution in [3.8, 4) is 0 Å². The van der Waals surface area contributed by atoms with Crippen LogP contribution in [0, 0.1) is 0 Å². The first-order valence-corrected chi connectivity index (χ1v) is 14.0. The molecule has 0 aromatic heterocycles. The van der Waals surface area contributed by atoms with E-state index in [1.165, 1.54) is 116 Å². The lowest BCUT2D eigenvalue weighted by Crippen LogP contribution is -2.54. The molecular weight excluding hydrogens is 380 g/mol. The van der Waals surface area contributed by atoms with E-state index in [1.807, 2.05) is 0 Å². The van der Waals surface area contributed by atoms with E-state index < -0.39 is 0 Å². The van der Waals surface area contributed by atoms with Crippen LogP contribution in [0.4, 0.5) is 0 Å². The summed E-state index contributed by atoms with van der Waals surface area (Å²) in [4.78, 5) is 12.1. The minimum absolute atomic E-state index is 0.229. The molecule has 0 heterocycles. The molecule has 0 aliphatic rings. The molecule has 0 radical (unpaired) electrons. The Kier molecular flexibility index (Phi) is 20.9. The maximum Gasteiger partial charge on any atom is 0.224 e. The van der Waals surface area contributed by atoms with Crippen molar-refractivity contribution >= 4 is 5.91 Å². The molecule has 1 amide bonds. The highest BCUT2D eigenvalue weighted by Crippen LogP contribution is 2.15. The van der Waals surface area contributed by atoms with Gasteiger partial charge >= 0.3 is 0 Å². The highest BCUT2D eigenvalue weighted by atomic mass is 16.1. The van der Waals surface area contributed by atoms with E-state index in [-0.39, 0.29) is 12.1 Å². The van der Waals surface area contributed by atoms with Gasteiger partial charge in [0, 0.05) is 12.8 Å². The molecule has 0 aliphatic heterocycles. The first kappa shape index (κ1) is 30.4. The SMILES string of the molecule is CCCCCCCCCCCCCCCCCCCCCC(=O)NC(CC)[N+](C)(C)C. The number of unbranched alkanes of at least 4 members (excludes halogenated alkanes) is 18. The molecule has 1 unspecified atom stereocenters. The Morgan fingerprint density at radius 2 is 0.903 bits per heavy atom. The number of rotatable bonds is 23. The summed E-state index contributed by atoms with van der Waals surface area (Å²) in [6, 6.07) is 0. The quantitative estimate of drug-likeness (QED) is 0.0966. The molecule has 31 heavy (non-hydrogen) atoms. The van der Waals surface area contributed by atoms with Gasteiger partial charge < -0.3 is 9.80 Å². The summed E-state index contributed by atoms with van der Waals surface area (Å²) in [5.74, 6) is 0.229. The zero-order valence-corrected chi connectivity index (χ0v) is 22.3. The van der Waals surface area contributed by atoms with E-state index in [9.17, 15) is 4.79 Å². The fraction of sp³-hybridized carbons (Fsp3) is 0.964. The van der Waals surface area contributed by atoms with Crippen molar-refractivity contribution < 1.29 is 9.28 Å². The molecule has 0 fully saturated rings. The topological polar surface area (TPSA) is 29.1 Å². The number of carbonyl (C=O) groups excluding carboxylic acids is 1. The van der Waals surface area contributed by atoms with Gasteiger partial charge in [-0.3, -0.25) is 4.79 Å². The van der Waals surface area contributed by atoms with Gasteiger partial charge in [-0.05, 0) is 6.42 Å². The zero-order valence-electron chi connectivity index (χ0n) is 22.3. The zero-order chi connectivity index (χ0) is 23.2. The van der Waals surface area contributed by atoms with Crippen LogP contribution in [-0.4, -0.2) is 37.7 Å².